The second-order valence-corrected chi connectivity index (χ2v) is 4.87. The van der Waals surface area contributed by atoms with E-state index in [1.165, 1.54) is 6.07 Å². The molecule has 1 N–H and O–H groups in total. The van der Waals surface area contributed by atoms with Crippen LogP contribution in [0.4, 0.5) is 15.8 Å². The zero-order chi connectivity index (χ0) is 14.5. The van der Waals surface area contributed by atoms with Crippen LogP contribution in [-0.2, 0) is 6.54 Å². The maximum absolute atomic E-state index is 14.0. The molecule has 0 radical (unpaired) electrons. The van der Waals surface area contributed by atoms with Crippen molar-refractivity contribution in [3.05, 3.63) is 58.9 Å². The van der Waals surface area contributed by atoms with Crippen molar-refractivity contribution in [2.75, 3.05) is 18.5 Å². The first-order chi connectivity index (χ1) is 9.69. The van der Waals surface area contributed by atoms with Crippen LogP contribution in [0, 0.1) is 5.82 Å². The number of nitrogens with zero attached hydrogens (tertiary/aromatic N) is 1. The summed E-state index contributed by atoms with van der Waals surface area (Å²) in [7, 11) is 1.87. The predicted octanol–water partition coefficient (Wildman–Crippen LogP) is 4.36. The summed E-state index contributed by atoms with van der Waals surface area (Å²) in [5.41, 5.74) is 2.47. The van der Waals surface area contributed by atoms with Crippen LogP contribution in [0.3, 0.4) is 0 Å². The number of para-hydroxylation sites is 1. The van der Waals surface area contributed by atoms with Crippen molar-refractivity contribution in [3.8, 4) is 0 Å². The Kier molecular flexibility index (Phi) is 4.99. The molecule has 0 heterocycles. The van der Waals surface area contributed by atoms with E-state index in [1.54, 1.807) is 12.1 Å². The van der Waals surface area contributed by atoms with E-state index in [9.17, 15) is 4.39 Å². The number of halogens is 2. The average molecular weight is 293 g/mol. The molecule has 0 saturated heterocycles. The zero-order valence-corrected chi connectivity index (χ0v) is 12.4. The topological polar surface area (TPSA) is 15.3 Å². The van der Waals surface area contributed by atoms with Crippen molar-refractivity contribution in [3.63, 3.8) is 0 Å². The Bertz CT molecular complexity index is 586. The van der Waals surface area contributed by atoms with Gasteiger partial charge in [-0.15, -0.1) is 0 Å². The fraction of sp³-hybridized carbons (Fsp3) is 0.250. The molecule has 20 heavy (non-hydrogen) atoms. The third kappa shape index (κ3) is 2.94. The molecule has 2 aromatic rings. The van der Waals surface area contributed by atoms with E-state index < -0.39 is 0 Å². The van der Waals surface area contributed by atoms with Gasteiger partial charge in [0.2, 0.25) is 0 Å². The molecule has 0 amide bonds. The summed E-state index contributed by atoms with van der Waals surface area (Å²) < 4.78 is 14.0. The number of nitrogens with one attached hydrogen (secondary N) is 1. The molecule has 4 heteroatoms. The van der Waals surface area contributed by atoms with Crippen LogP contribution in [0.25, 0.3) is 0 Å². The van der Waals surface area contributed by atoms with E-state index in [1.807, 2.05) is 43.1 Å². The lowest BCUT2D eigenvalue weighted by atomic mass is 10.1. The van der Waals surface area contributed by atoms with Gasteiger partial charge in [0.05, 0.1) is 5.69 Å². The maximum atomic E-state index is 14.0. The quantitative estimate of drug-likeness (QED) is 0.881. The summed E-state index contributed by atoms with van der Waals surface area (Å²) >= 11 is 6.28. The highest BCUT2D eigenvalue weighted by Crippen LogP contribution is 2.33. The van der Waals surface area contributed by atoms with E-state index in [-0.39, 0.29) is 5.82 Å². The van der Waals surface area contributed by atoms with E-state index in [4.69, 9.17) is 11.6 Å². The normalized spacial score (nSPS) is 10.6. The van der Waals surface area contributed by atoms with Gasteiger partial charge in [-0.2, -0.15) is 0 Å². The van der Waals surface area contributed by atoms with Gasteiger partial charge in [-0.1, -0.05) is 29.8 Å². The molecule has 0 fully saturated rings. The molecular weight excluding hydrogens is 275 g/mol. The molecule has 106 valence electrons. The molecule has 2 rings (SSSR count). The van der Waals surface area contributed by atoms with Crippen molar-refractivity contribution in [2.45, 2.75) is 13.5 Å². The van der Waals surface area contributed by atoms with Crippen molar-refractivity contribution in [2.24, 2.45) is 0 Å². The summed E-state index contributed by atoms with van der Waals surface area (Å²) in [6.07, 6.45) is 0. The third-order valence-electron chi connectivity index (χ3n) is 3.20. The van der Waals surface area contributed by atoms with Crippen molar-refractivity contribution in [1.29, 1.82) is 0 Å². The Labute approximate surface area is 124 Å². The number of hydrogen-bond donors (Lipinski definition) is 1. The molecule has 0 unspecified atom stereocenters. The lowest BCUT2D eigenvalue weighted by Gasteiger charge is -2.26. The van der Waals surface area contributed by atoms with Crippen LogP contribution in [0.15, 0.2) is 42.5 Å². The van der Waals surface area contributed by atoms with Crippen LogP contribution < -0.4 is 10.2 Å². The second kappa shape index (κ2) is 6.73. The van der Waals surface area contributed by atoms with Gasteiger partial charge in [-0.3, -0.25) is 0 Å². The molecule has 2 aromatic carbocycles. The first-order valence-corrected chi connectivity index (χ1v) is 7.00. The largest absolute Gasteiger partial charge is 0.339 e. The summed E-state index contributed by atoms with van der Waals surface area (Å²) in [5, 5.41) is 3.79. The van der Waals surface area contributed by atoms with Crippen LogP contribution in [0.2, 0.25) is 5.02 Å². The standard InChI is InChI=1S/C16H18ClFN2/c1-3-20(16-9-5-4-8-14(16)18)15-10-6-7-13(17)12(15)11-19-2/h4-10,19H,3,11H2,1-2H3. The number of benzene rings is 2. The van der Waals surface area contributed by atoms with Crippen LogP contribution in [0.5, 0.6) is 0 Å². The fourth-order valence-electron chi connectivity index (χ4n) is 2.29. The van der Waals surface area contributed by atoms with Crippen LogP contribution in [-0.4, -0.2) is 13.6 Å². The lowest BCUT2D eigenvalue weighted by molar-refractivity contribution is 0.625. The fourth-order valence-corrected chi connectivity index (χ4v) is 2.53. The minimum Gasteiger partial charge on any atom is -0.339 e. The molecule has 0 bridgehead atoms. The average Bonchev–Trinajstić information content (AvgIpc) is 2.45. The van der Waals surface area contributed by atoms with E-state index in [0.29, 0.717) is 23.8 Å². The summed E-state index contributed by atoms with van der Waals surface area (Å²) in [6.45, 7) is 3.30. The minimum atomic E-state index is -0.232. The third-order valence-corrected chi connectivity index (χ3v) is 3.55. The highest BCUT2D eigenvalue weighted by molar-refractivity contribution is 6.31. The monoisotopic (exact) mass is 292 g/mol. The van der Waals surface area contributed by atoms with Gasteiger partial charge in [0.25, 0.3) is 0 Å². The van der Waals surface area contributed by atoms with Gasteiger partial charge in [0, 0.05) is 29.4 Å². The first kappa shape index (κ1) is 14.8. The molecular formula is C16H18ClFN2. The molecule has 0 aliphatic carbocycles. The van der Waals surface area contributed by atoms with Crippen LogP contribution >= 0.6 is 11.6 Å². The van der Waals surface area contributed by atoms with E-state index in [2.05, 4.69) is 5.32 Å². The Hall–Kier alpha value is -1.58. The summed E-state index contributed by atoms with van der Waals surface area (Å²) in [5.74, 6) is -0.232. The molecule has 0 saturated carbocycles. The second-order valence-electron chi connectivity index (χ2n) is 4.46. The molecule has 0 aromatic heterocycles. The Balaban J connectivity index is 2.53. The summed E-state index contributed by atoms with van der Waals surface area (Å²) in [4.78, 5) is 1.94. The van der Waals surface area contributed by atoms with Gasteiger partial charge >= 0.3 is 0 Å². The summed E-state index contributed by atoms with van der Waals surface area (Å²) in [6, 6.07) is 12.5. The van der Waals surface area contributed by atoms with Crippen molar-refractivity contribution in [1.82, 2.24) is 5.32 Å². The number of anilines is 2. The van der Waals surface area contributed by atoms with E-state index in [0.717, 1.165) is 11.3 Å². The Morgan fingerprint density at radius 3 is 2.45 bits per heavy atom. The molecule has 2 nitrogen and oxygen atoms in total. The van der Waals surface area contributed by atoms with Gasteiger partial charge in [-0.05, 0) is 38.2 Å². The van der Waals surface area contributed by atoms with E-state index >= 15 is 0 Å². The highest BCUT2D eigenvalue weighted by Gasteiger charge is 2.16. The molecule has 0 atom stereocenters. The van der Waals surface area contributed by atoms with Gasteiger partial charge in [0.15, 0.2) is 0 Å². The Morgan fingerprint density at radius 2 is 1.80 bits per heavy atom. The van der Waals surface area contributed by atoms with Gasteiger partial charge in [-0.25, -0.2) is 4.39 Å². The lowest BCUT2D eigenvalue weighted by Crippen LogP contribution is -2.20. The molecule has 0 aliphatic heterocycles. The molecule has 0 aliphatic rings. The van der Waals surface area contributed by atoms with Gasteiger partial charge < -0.3 is 10.2 Å². The van der Waals surface area contributed by atoms with Crippen molar-refractivity contribution < 1.29 is 4.39 Å². The number of hydrogen-bond acceptors (Lipinski definition) is 2. The number of rotatable bonds is 5. The predicted molar refractivity (Wildman–Crippen MR) is 83.3 cm³/mol. The maximum Gasteiger partial charge on any atom is 0.146 e. The Morgan fingerprint density at radius 1 is 1.10 bits per heavy atom. The minimum absolute atomic E-state index is 0.232. The van der Waals surface area contributed by atoms with Gasteiger partial charge in [0.1, 0.15) is 5.82 Å². The first-order valence-electron chi connectivity index (χ1n) is 6.63. The SMILES string of the molecule is CCN(c1ccccc1F)c1cccc(Cl)c1CNC. The zero-order valence-electron chi connectivity index (χ0n) is 11.7. The molecule has 0 spiro atoms. The smallest absolute Gasteiger partial charge is 0.146 e. The van der Waals surface area contributed by atoms with Crippen LogP contribution in [0.1, 0.15) is 12.5 Å². The van der Waals surface area contributed by atoms with Crippen molar-refractivity contribution >= 4 is 23.0 Å². The highest BCUT2D eigenvalue weighted by atomic mass is 35.5.